The van der Waals surface area contributed by atoms with E-state index >= 15 is 0 Å². The Labute approximate surface area is 202 Å². The number of imide groups is 1. The van der Waals surface area contributed by atoms with E-state index < -0.39 is 17.1 Å². The summed E-state index contributed by atoms with van der Waals surface area (Å²) in [7, 11) is 1.50. The van der Waals surface area contributed by atoms with Crippen molar-refractivity contribution in [3.8, 4) is 11.5 Å². The summed E-state index contributed by atoms with van der Waals surface area (Å²) < 4.78 is 11.2. The third kappa shape index (κ3) is 6.09. The molecule has 2 aromatic carbocycles. The quantitative estimate of drug-likeness (QED) is 0.493. The number of halogens is 1. The van der Waals surface area contributed by atoms with Crippen LogP contribution >= 0.6 is 23.4 Å². The zero-order valence-corrected chi connectivity index (χ0v) is 20.4. The fourth-order valence-electron chi connectivity index (χ4n) is 3.08. The summed E-state index contributed by atoms with van der Waals surface area (Å²) in [4.78, 5) is 38.7. The highest BCUT2D eigenvalue weighted by molar-refractivity contribution is 8.18. The molecule has 1 aliphatic rings. The molecular formula is C24H25ClN2O5S. The van der Waals surface area contributed by atoms with Gasteiger partial charge in [0, 0.05) is 5.69 Å². The fraction of sp³-hybridized carbons (Fsp3) is 0.292. The lowest BCUT2D eigenvalue weighted by molar-refractivity contribution is -0.127. The maximum atomic E-state index is 12.8. The minimum Gasteiger partial charge on any atom is -0.493 e. The van der Waals surface area contributed by atoms with Crippen LogP contribution in [0.3, 0.4) is 0 Å². The van der Waals surface area contributed by atoms with Gasteiger partial charge in [-0.25, -0.2) is 0 Å². The maximum Gasteiger partial charge on any atom is 0.294 e. The van der Waals surface area contributed by atoms with E-state index in [2.05, 4.69) is 5.32 Å². The van der Waals surface area contributed by atoms with Gasteiger partial charge in [0.2, 0.25) is 5.91 Å². The molecule has 3 rings (SSSR count). The lowest BCUT2D eigenvalue weighted by atomic mass is 10.1. The minimum absolute atomic E-state index is 0.0512. The second-order valence-corrected chi connectivity index (χ2v) is 8.96. The molecule has 33 heavy (non-hydrogen) atoms. The largest absolute Gasteiger partial charge is 0.493 e. The van der Waals surface area contributed by atoms with Crippen LogP contribution in [0.25, 0.3) is 6.08 Å². The highest BCUT2D eigenvalue weighted by Gasteiger charge is 2.36. The van der Waals surface area contributed by atoms with Crippen LogP contribution in [0, 0.1) is 6.92 Å². The third-order valence-electron chi connectivity index (χ3n) is 4.92. The molecule has 0 radical (unpaired) electrons. The molecule has 0 unspecified atom stereocenters. The molecule has 1 fully saturated rings. The molecule has 1 N–H and O–H groups in total. The third-order valence-corrected chi connectivity index (χ3v) is 6.11. The maximum absolute atomic E-state index is 12.8. The van der Waals surface area contributed by atoms with Crippen molar-refractivity contribution in [1.82, 2.24) is 4.90 Å². The van der Waals surface area contributed by atoms with E-state index in [9.17, 15) is 14.4 Å². The molecule has 2 aromatic rings. The van der Waals surface area contributed by atoms with Gasteiger partial charge in [-0.2, -0.15) is 0 Å². The summed E-state index contributed by atoms with van der Waals surface area (Å²) in [5.74, 6) is -0.155. The van der Waals surface area contributed by atoms with Crippen molar-refractivity contribution >= 4 is 52.2 Å². The molecule has 1 saturated heterocycles. The van der Waals surface area contributed by atoms with Crippen LogP contribution in [-0.4, -0.2) is 41.7 Å². The molecular weight excluding hydrogens is 464 g/mol. The Kier molecular flexibility index (Phi) is 8.05. The molecule has 7 nitrogen and oxygen atoms in total. The van der Waals surface area contributed by atoms with Crippen LogP contribution in [0.1, 0.15) is 31.4 Å². The van der Waals surface area contributed by atoms with Crippen molar-refractivity contribution in [2.75, 3.05) is 19.0 Å². The summed E-state index contributed by atoms with van der Waals surface area (Å²) in [5, 5.41) is 2.52. The Morgan fingerprint density at radius 2 is 2.03 bits per heavy atom. The molecule has 0 spiro atoms. The molecule has 1 heterocycles. The van der Waals surface area contributed by atoms with Gasteiger partial charge in [0.15, 0.2) is 11.5 Å². The van der Waals surface area contributed by atoms with Crippen molar-refractivity contribution < 1.29 is 23.9 Å². The van der Waals surface area contributed by atoms with E-state index in [0.29, 0.717) is 27.8 Å². The van der Waals surface area contributed by atoms with Crippen LogP contribution in [0.15, 0.2) is 41.3 Å². The number of anilines is 1. The smallest absolute Gasteiger partial charge is 0.294 e. The normalized spacial score (nSPS) is 15.7. The van der Waals surface area contributed by atoms with E-state index in [1.807, 2.05) is 32.9 Å². The lowest BCUT2D eigenvalue weighted by Crippen LogP contribution is -2.36. The Hall–Kier alpha value is -2.97. The van der Waals surface area contributed by atoms with Crippen LogP contribution in [0.2, 0.25) is 5.02 Å². The summed E-state index contributed by atoms with van der Waals surface area (Å²) in [5.41, 5.74) is 2.16. The number of hydrogen-bond donors (Lipinski definition) is 1. The molecule has 3 amide bonds. The van der Waals surface area contributed by atoms with E-state index in [0.717, 1.165) is 28.6 Å². The number of ether oxygens (including phenoxy) is 2. The standard InChI is InChI=1S/C24H25ClN2O5S/c1-5-15(3)32-22-18(25)10-16(11-19(22)31-4)12-20-23(29)27(24(30)33-20)13-21(28)26-17-8-6-7-14(2)9-17/h6-12,15H,5,13H2,1-4H3,(H,26,28)/b20-12-/t15-/m0/s1. The van der Waals surface area contributed by atoms with Gasteiger partial charge in [0.25, 0.3) is 11.1 Å². The molecule has 9 heteroatoms. The first-order chi connectivity index (χ1) is 15.7. The number of nitrogens with one attached hydrogen (secondary N) is 1. The Bertz CT molecular complexity index is 1120. The summed E-state index contributed by atoms with van der Waals surface area (Å²) in [6.45, 7) is 5.45. The summed E-state index contributed by atoms with van der Waals surface area (Å²) in [6.07, 6.45) is 2.29. The number of carbonyl (C=O) groups excluding carboxylic acids is 3. The van der Waals surface area contributed by atoms with Crippen molar-refractivity contribution in [2.24, 2.45) is 0 Å². The van der Waals surface area contributed by atoms with E-state index in [1.54, 1.807) is 30.3 Å². The number of hydrogen-bond acceptors (Lipinski definition) is 6. The molecule has 174 valence electrons. The predicted molar refractivity (Wildman–Crippen MR) is 131 cm³/mol. The average Bonchev–Trinajstić information content (AvgIpc) is 3.02. The zero-order chi connectivity index (χ0) is 24.1. The molecule has 1 aliphatic heterocycles. The monoisotopic (exact) mass is 488 g/mol. The first-order valence-electron chi connectivity index (χ1n) is 10.4. The Morgan fingerprint density at radius 3 is 2.70 bits per heavy atom. The summed E-state index contributed by atoms with van der Waals surface area (Å²) in [6, 6.07) is 10.6. The Balaban J connectivity index is 1.76. The number of amides is 3. The van der Waals surface area contributed by atoms with Gasteiger partial charge in [-0.15, -0.1) is 0 Å². The van der Waals surface area contributed by atoms with Crippen molar-refractivity contribution in [1.29, 1.82) is 0 Å². The molecule has 0 saturated carbocycles. The first-order valence-corrected chi connectivity index (χ1v) is 11.6. The highest BCUT2D eigenvalue weighted by Crippen LogP contribution is 2.39. The topological polar surface area (TPSA) is 84.9 Å². The summed E-state index contributed by atoms with van der Waals surface area (Å²) >= 11 is 7.16. The Morgan fingerprint density at radius 1 is 1.27 bits per heavy atom. The number of benzene rings is 2. The van der Waals surface area contributed by atoms with Crippen molar-refractivity contribution in [3.05, 3.63) is 57.5 Å². The lowest BCUT2D eigenvalue weighted by Gasteiger charge is -2.17. The number of methoxy groups -OCH3 is 1. The van der Waals surface area contributed by atoms with Gasteiger partial charge in [-0.05, 0) is 73.5 Å². The number of rotatable bonds is 8. The second kappa shape index (κ2) is 10.8. The highest BCUT2D eigenvalue weighted by atomic mass is 35.5. The van der Waals surface area contributed by atoms with Crippen LogP contribution in [0.5, 0.6) is 11.5 Å². The van der Waals surface area contributed by atoms with Gasteiger partial charge in [-0.3, -0.25) is 19.3 Å². The second-order valence-electron chi connectivity index (χ2n) is 7.56. The molecule has 0 aromatic heterocycles. The predicted octanol–water partition coefficient (Wildman–Crippen LogP) is 5.51. The average molecular weight is 489 g/mol. The molecule has 0 aliphatic carbocycles. The van der Waals surface area contributed by atoms with E-state index in [1.165, 1.54) is 7.11 Å². The zero-order valence-electron chi connectivity index (χ0n) is 18.8. The van der Waals surface area contributed by atoms with Gasteiger partial charge in [0.05, 0.1) is 23.1 Å². The number of carbonyl (C=O) groups is 3. The van der Waals surface area contributed by atoms with Crippen molar-refractivity contribution in [3.63, 3.8) is 0 Å². The van der Waals surface area contributed by atoms with Crippen LogP contribution in [-0.2, 0) is 9.59 Å². The molecule has 1 atom stereocenters. The number of nitrogens with zero attached hydrogens (tertiary/aromatic N) is 1. The minimum atomic E-state index is -0.542. The first kappa shape index (κ1) is 24.7. The number of thioether (sulfide) groups is 1. The van der Waals surface area contributed by atoms with Crippen LogP contribution < -0.4 is 14.8 Å². The van der Waals surface area contributed by atoms with E-state index in [-0.39, 0.29) is 17.6 Å². The van der Waals surface area contributed by atoms with Gasteiger partial charge in [-0.1, -0.05) is 30.7 Å². The SMILES string of the molecule is CC[C@H](C)Oc1c(Cl)cc(/C=C2\SC(=O)N(CC(=O)Nc3cccc(C)c3)C2=O)cc1OC. The van der Waals surface area contributed by atoms with Gasteiger partial charge >= 0.3 is 0 Å². The van der Waals surface area contributed by atoms with Crippen molar-refractivity contribution in [2.45, 2.75) is 33.3 Å². The van der Waals surface area contributed by atoms with Gasteiger partial charge in [0.1, 0.15) is 6.54 Å². The van der Waals surface area contributed by atoms with E-state index in [4.69, 9.17) is 21.1 Å². The fourth-order valence-corrected chi connectivity index (χ4v) is 4.18. The van der Waals surface area contributed by atoms with Crippen LogP contribution in [0.4, 0.5) is 10.5 Å². The number of aryl methyl sites for hydroxylation is 1. The van der Waals surface area contributed by atoms with Gasteiger partial charge < -0.3 is 14.8 Å². The molecule has 0 bridgehead atoms.